The van der Waals surface area contributed by atoms with Gasteiger partial charge in [-0.3, -0.25) is 9.88 Å². The first kappa shape index (κ1) is 12.9. The molecule has 3 heterocycles. The molecule has 20 heavy (non-hydrogen) atoms. The Labute approximate surface area is 119 Å². The van der Waals surface area contributed by atoms with Gasteiger partial charge in [0, 0.05) is 51.3 Å². The third-order valence-corrected chi connectivity index (χ3v) is 3.62. The van der Waals surface area contributed by atoms with Crippen molar-refractivity contribution in [2.75, 3.05) is 36.8 Å². The maximum atomic E-state index is 5.98. The Hall–Kier alpha value is -2.14. The zero-order chi connectivity index (χ0) is 13.8. The van der Waals surface area contributed by atoms with Gasteiger partial charge in [0.25, 0.3) is 0 Å². The van der Waals surface area contributed by atoms with Gasteiger partial charge in [0.2, 0.25) is 0 Å². The molecule has 0 saturated carbocycles. The van der Waals surface area contributed by atoms with Crippen LogP contribution in [0.25, 0.3) is 0 Å². The lowest BCUT2D eigenvalue weighted by atomic mass is 10.2. The Balaban J connectivity index is 1.59. The van der Waals surface area contributed by atoms with Crippen LogP contribution in [0.15, 0.2) is 42.9 Å². The summed E-state index contributed by atoms with van der Waals surface area (Å²) in [5, 5.41) is 0. The highest BCUT2D eigenvalue weighted by Crippen LogP contribution is 2.20. The summed E-state index contributed by atoms with van der Waals surface area (Å²) in [6, 6.07) is 7.89. The van der Waals surface area contributed by atoms with Gasteiger partial charge < -0.3 is 10.6 Å². The van der Waals surface area contributed by atoms with Crippen molar-refractivity contribution in [1.29, 1.82) is 0 Å². The maximum Gasteiger partial charge on any atom is 0.151 e. The van der Waals surface area contributed by atoms with Gasteiger partial charge in [0.05, 0.1) is 5.69 Å². The number of nitrogens with two attached hydrogens (primary N) is 1. The second-order valence-corrected chi connectivity index (χ2v) is 5.04. The molecule has 104 valence electrons. The molecule has 0 spiro atoms. The van der Waals surface area contributed by atoms with Gasteiger partial charge in [-0.25, -0.2) is 4.98 Å². The molecule has 0 bridgehead atoms. The van der Waals surface area contributed by atoms with Crippen LogP contribution in [0, 0.1) is 0 Å². The van der Waals surface area contributed by atoms with E-state index in [9.17, 15) is 0 Å². The number of aromatic nitrogens is 2. The largest absolute Gasteiger partial charge is 0.396 e. The molecule has 5 heteroatoms. The number of rotatable bonds is 3. The van der Waals surface area contributed by atoms with Crippen molar-refractivity contribution >= 4 is 11.5 Å². The number of nitrogen functional groups attached to an aromatic ring is 1. The Morgan fingerprint density at radius 2 is 1.85 bits per heavy atom. The van der Waals surface area contributed by atoms with E-state index < -0.39 is 0 Å². The molecule has 2 aromatic rings. The van der Waals surface area contributed by atoms with E-state index in [1.807, 2.05) is 30.6 Å². The van der Waals surface area contributed by atoms with E-state index >= 15 is 0 Å². The van der Waals surface area contributed by atoms with Gasteiger partial charge >= 0.3 is 0 Å². The van der Waals surface area contributed by atoms with E-state index in [-0.39, 0.29) is 0 Å². The summed E-state index contributed by atoms with van der Waals surface area (Å²) >= 11 is 0. The molecule has 0 radical (unpaired) electrons. The highest BCUT2D eigenvalue weighted by molar-refractivity contribution is 5.62. The topological polar surface area (TPSA) is 58.3 Å². The summed E-state index contributed by atoms with van der Waals surface area (Å²) in [6.07, 6.45) is 5.54. The van der Waals surface area contributed by atoms with E-state index in [1.54, 1.807) is 6.20 Å². The minimum absolute atomic E-state index is 0.758. The average molecular weight is 269 g/mol. The third-order valence-electron chi connectivity index (χ3n) is 3.62. The van der Waals surface area contributed by atoms with Crippen LogP contribution in [0.4, 0.5) is 11.5 Å². The van der Waals surface area contributed by atoms with Crippen molar-refractivity contribution in [3.63, 3.8) is 0 Å². The van der Waals surface area contributed by atoms with Crippen molar-refractivity contribution in [3.8, 4) is 0 Å². The van der Waals surface area contributed by atoms with Crippen LogP contribution in [0.1, 0.15) is 5.56 Å². The van der Waals surface area contributed by atoms with Crippen LogP contribution in [-0.4, -0.2) is 41.0 Å². The molecule has 0 amide bonds. The normalized spacial score (nSPS) is 16.3. The summed E-state index contributed by atoms with van der Waals surface area (Å²) in [6.45, 7) is 4.91. The molecule has 0 aromatic carbocycles. The number of pyridine rings is 2. The minimum atomic E-state index is 0.758. The second kappa shape index (κ2) is 5.88. The fraction of sp³-hybridized carbons (Fsp3) is 0.333. The van der Waals surface area contributed by atoms with Gasteiger partial charge in [-0.1, -0.05) is 6.07 Å². The van der Waals surface area contributed by atoms with Crippen LogP contribution < -0.4 is 10.6 Å². The summed E-state index contributed by atoms with van der Waals surface area (Å²) in [5.41, 5.74) is 8.00. The number of nitrogens with zero attached hydrogens (tertiary/aromatic N) is 4. The highest BCUT2D eigenvalue weighted by atomic mass is 15.3. The predicted molar refractivity (Wildman–Crippen MR) is 80.4 cm³/mol. The SMILES string of the molecule is Nc1cccnc1N1CCN(Cc2cccnc2)CC1. The van der Waals surface area contributed by atoms with E-state index in [0.717, 1.165) is 44.2 Å². The quantitative estimate of drug-likeness (QED) is 0.912. The van der Waals surface area contributed by atoms with Crippen LogP contribution in [0.5, 0.6) is 0 Å². The minimum Gasteiger partial charge on any atom is -0.396 e. The van der Waals surface area contributed by atoms with Crippen molar-refractivity contribution in [3.05, 3.63) is 48.4 Å². The molecular weight excluding hydrogens is 250 g/mol. The zero-order valence-electron chi connectivity index (χ0n) is 11.4. The molecule has 5 nitrogen and oxygen atoms in total. The molecule has 3 rings (SSSR count). The maximum absolute atomic E-state index is 5.98. The summed E-state index contributed by atoms with van der Waals surface area (Å²) < 4.78 is 0. The van der Waals surface area contributed by atoms with Gasteiger partial charge in [-0.05, 0) is 23.8 Å². The van der Waals surface area contributed by atoms with Crippen molar-refractivity contribution in [2.24, 2.45) is 0 Å². The first-order valence-electron chi connectivity index (χ1n) is 6.89. The number of hydrogen-bond acceptors (Lipinski definition) is 5. The molecule has 1 aliphatic rings. The summed E-state index contributed by atoms with van der Waals surface area (Å²) in [4.78, 5) is 13.2. The van der Waals surface area contributed by atoms with E-state index in [0.29, 0.717) is 0 Å². The lowest BCUT2D eigenvalue weighted by Gasteiger charge is -2.35. The van der Waals surface area contributed by atoms with Gasteiger partial charge in [0.15, 0.2) is 5.82 Å². The lowest BCUT2D eigenvalue weighted by molar-refractivity contribution is 0.249. The fourth-order valence-corrected chi connectivity index (χ4v) is 2.54. The number of piperazine rings is 1. The highest BCUT2D eigenvalue weighted by Gasteiger charge is 2.19. The molecule has 2 N–H and O–H groups in total. The lowest BCUT2D eigenvalue weighted by Crippen LogP contribution is -2.46. The molecule has 1 fully saturated rings. The second-order valence-electron chi connectivity index (χ2n) is 5.04. The van der Waals surface area contributed by atoms with Crippen LogP contribution in [-0.2, 0) is 6.54 Å². The molecule has 0 aliphatic carbocycles. The van der Waals surface area contributed by atoms with Gasteiger partial charge in [-0.15, -0.1) is 0 Å². The monoisotopic (exact) mass is 269 g/mol. The molecule has 0 unspecified atom stereocenters. The smallest absolute Gasteiger partial charge is 0.151 e. The Kier molecular flexibility index (Phi) is 3.78. The van der Waals surface area contributed by atoms with Gasteiger partial charge in [0.1, 0.15) is 0 Å². The third kappa shape index (κ3) is 2.88. The van der Waals surface area contributed by atoms with Crippen molar-refractivity contribution in [1.82, 2.24) is 14.9 Å². The summed E-state index contributed by atoms with van der Waals surface area (Å²) in [7, 11) is 0. The van der Waals surface area contributed by atoms with Crippen molar-refractivity contribution < 1.29 is 0 Å². The molecule has 1 saturated heterocycles. The van der Waals surface area contributed by atoms with E-state index in [1.165, 1.54) is 5.56 Å². The van der Waals surface area contributed by atoms with Crippen LogP contribution in [0.2, 0.25) is 0 Å². The molecular formula is C15H19N5. The summed E-state index contributed by atoms with van der Waals surface area (Å²) in [5.74, 6) is 0.911. The van der Waals surface area contributed by atoms with Crippen molar-refractivity contribution in [2.45, 2.75) is 6.54 Å². The van der Waals surface area contributed by atoms with Gasteiger partial charge in [-0.2, -0.15) is 0 Å². The Bertz CT molecular complexity index is 549. The Morgan fingerprint density at radius 3 is 2.55 bits per heavy atom. The number of hydrogen-bond donors (Lipinski definition) is 1. The Morgan fingerprint density at radius 1 is 1.05 bits per heavy atom. The zero-order valence-corrected chi connectivity index (χ0v) is 11.4. The molecule has 2 aromatic heterocycles. The number of anilines is 2. The standard InChI is InChI=1S/C15H19N5/c16-14-4-2-6-18-15(14)20-9-7-19(8-10-20)12-13-3-1-5-17-11-13/h1-6,11H,7-10,12,16H2. The van der Waals surface area contributed by atoms with E-state index in [2.05, 4.69) is 25.8 Å². The first-order valence-corrected chi connectivity index (χ1v) is 6.89. The molecule has 1 aliphatic heterocycles. The van der Waals surface area contributed by atoms with Crippen LogP contribution >= 0.6 is 0 Å². The van der Waals surface area contributed by atoms with Crippen LogP contribution in [0.3, 0.4) is 0 Å². The van der Waals surface area contributed by atoms with E-state index in [4.69, 9.17) is 5.73 Å². The average Bonchev–Trinajstić information content (AvgIpc) is 2.50. The fourth-order valence-electron chi connectivity index (χ4n) is 2.54. The predicted octanol–water partition coefficient (Wildman–Crippen LogP) is 1.38. The first-order chi connectivity index (χ1) is 9.83. The molecule has 0 atom stereocenters.